The highest BCUT2D eigenvalue weighted by atomic mass is 16.7. The number of carboxylic acid groups (broad SMARTS) is 1. The number of hydrogen-bond acceptors (Lipinski definition) is 4. The van der Waals surface area contributed by atoms with E-state index in [2.05, 4.69) is 4.74 Å². The van der Waals surface area contributed by atoms with Crippen molar-refractivity contribution in [3.8, 4) is 0 Å². The number of ether oxygens (including phenoxy) is 1. The first-order valence-electron chi connectivity index (χ1n) is 2.85. The van der Waals surface area contributed by atoms with Gasteiger partial charge < -0.3 is 20.1 Å². The number of aliphatic hydroxyl groups is 2. The highest BCUT2D eigenvalue weighted by Crippen LogP contribution is 2.23. The second-order valence-corrected chi connectivity index (χ2v) is 2.15. The van der Waals surface area contributed by atoms with Crippen LogP contribution in [0.5, 0.6) is 0 Å². The predicted molar refractivity (Wildman–Crippen MR) is 29.2 cm³/mol. The average Bonchev–Trinajstić information content (AvgIpc) is 2.15. The minimum Gasteiger partial charge on any atom is -0.477 e. The summed E-state index contributed by atoms with van der Waals surface area (Å²) in [5.41, 5.74) is 0. The van der Waals surface area contributed by atoms with E-state index in [4.69, 9.17) is 15.3 Å². The molecule has 1 saturated heterocycles. The summed E-state index contributed by atoms with van der Waals surface area (Å²) in [7, 11) is 0. The third-order valence-corrected chi connectivity index (χ3v) is 1.47. The Bertz CT molecular complexity index is 156. The summed E-state index contributed by atoms with van der Waals surface area (Å²) in [5, 5.41) is 26.1. The Hall–Kier alpha value is -0.650. The molecule has 0 bridgehead atoms. The van der Waals surface area contributed by atoms with E-state index in [9.17, 15) is 4.79 Å². The number of rotatable bonds is 1. The molecule has 1 heterocycles. The molecular weight excluding hydrogens is 140 g/mol. The first-order valence-corrected chi connectivity index (χ1v) is 2.85. The van der Waals surface area contributed by atoms with Gasteiger partial charge in [-0.05, 0) is 0 Å². The molecule has 58 valence electrons. The summed E-state index contributed by atoms with van der Waals surface area (Å²) in [6.45, 7) is 0.0734. The normalized spacial score (nSPS) is 40.0. The van der Waals surface area contributed by atoms with Gasteiger partial charge in [0, 0.05) is 6.42 Å². The van der Waals surface area contributed by atoms with Gasteiger partial charge in [-0.3, -0.25) is 0 Å². The molecule has 0 saturated carbocycles. The summed E-state index contributed by atoms with van der Waals surface area (Å²) in [5.74, 6) is -3.92. The van der Waals surface area contributed by atoms with Gasteiger partial charge in [0.05, 0.1) is 6.61 Å². The molecule has 0 radical (unpaired) electrons. The summed E-state index contributed by atoms with van der Waals surface area (Å²) < 4.78 is 4.42. The maximum atomic E-state index is 10.2. The first kappa shape index (κ1) is 7.46. The number of hydrogen-bond donors (Lipinski definition) is 3. The maximum absolute atomic E-state index is 10.2. The topological polar surface area (TPSA) is 87.0 Å². The zero-order valence-corrected chi connectivity index (χ0v) is 5.15. The molecule has 5 nitrogen and oxygen atoms in total. The largest absolute Gasteiger partial charge is 0.477 e. The van der Waals surface area contributed by atoms with Crippen LogP contribution in [0.3, 0.4) is 0 Å². The van der Waals surface area contributed by atoms with Crippen LogP contribution in [0.2, 0.25) is 0 Å². The average molecular weight is 148 g/mol. The third-order valence-electron chi connectivity index (χ3n) is 1.47. The lowest BCUT2D eigenvalue weighted by Gasteiger charge is -2.18. The fourth-order valence-corrected chi connectivity index (χ4v) is 0.822. The van der Waals surface area contributed by atoms with Gasteiger partial charge in [-0.1, -0.05) is 0 Å². The van der Waals surface area contributed by atoms with Crippen molar-refractivity contribution in [2.24, 2.45) is 0 Å². The van der Waals surface area contributed by atoms with Crippen LogP contribution < -0.4 is 0 Å². The Kier molecular flexibility index (Phi) is 1.63. The highest BCUT2D eigenvalue weighted by Gasteiger charge is 2.49. The molecule has 1 fully saturated rings. The molecule has 0 aliphatic carbocycles. The lowest BCUT2D eigenvalue weighted by Crippen LogP contribution is -2.46. The summed E-state index contributed by atoms with van der Waals surface area (Å²) >= 11 is 0. The molecule has 0 aromatic carbocycles. The van der Waals surface area contributed by atoms with E-state index < -0.39 is 17.9 Å². The number of aliphatic hydroxyl groups excluding tert-OH is 1. The number of carboxylic acids is 1. The van der Waals surface area contributed by atoms with Crippen molar-refractivity contribution in [2.75, 3.05) is 6.61 Å². The maximum Gasteiger partial charge on any atom is 0.367 e. The minimum atomic E-state index is -2.38. The van der Waals surface area contributed by atoms with Crippen molar-refractivity contribution in [3.05, 3.63) is 0 Å². The molecule has 0 spiro atoms. The van der Waals surface area contributed by atoms with E-state index in [0.717, 1.165) is 0 Å². The van der Waals surface area contributed by atoms with Crippen LogP contribution in [-0.2, 0) is 9.53 Å². The molecule has 1 aliphatic rings. The Morgan fingerprint density at radius 3 is 2.50 bits per heavy atom. The number of aliphatic carboxylic acids is 1. The van der Waals surface area contributed by atoms with E-state index in [-0.39, 0.29) is 13.0 Å². The third kappa shape index (κ3) is 0.880. The van der Waals surface area contributed by atoms with Gasteiger partial charge in [-0.15, -0.1) is 0 Å². The molecule has 5 heteroatoms. The predicted octanol–water partition coefficient (Wildman–Crippen LogP) is -1.46. The molecule has 1 rings (SSSR count). The second kappa shape index (κ2) is 2.19. The zero-order valence-electron chi connectivity index (χ0n) is 5.15. The SMILES string of the molecule is O=C(O)C1(O)OCCC1O. The van der Waals surface area contributed by atoms with Crippen LogP contribution in [0.25, 0.3) is 0 Å². The van der Waals surface area contributed by atoms with Crippen LogP contribution >= 0.6 is 0 Å². The number of carbonyl (C=O) groups is 1. The van der Waals surface area contributed by atoms with Crippen LogP contribution in [0, 0.1) is 0 Å². The monoisotopic (exact) mass is 148 g/mol. The van der Waals surface area contributed by atoms with Crippen molar-refractivity contribution >= 4 is 5.97 Å². The molecule has 0 aromatic rings. The smallest absolute Gasteiger partial charge is 0.367 e. The van der Waals surface area contributed by atoms with Gasteiger partial charge >= 0.3 is 5.97 Å². The van der Waals surface area contributed by atoms with E-state index in [1.807, 2.05) is 0 Å². The Morgan fingerprint density at radius 1 is 1.70 bits per heavy atom. The van der Waals surface area contributed by atoms with Gasteiger partial charge in [0.15, 0.2) is 0 Å². The fourth-order valence-electron chi connectivity index (χ4n) is 0.822. The van der Waals surface area contributed by atoms with Gasteiger partial charge in [0.25, 0.3) is 5.79 Å². The molecular formula is C5H8O5. The van der Waals surface area contributed by atoms with E-state index in [0.29, 0.717) is 0 Å². The highest BCUT2D eigenvalue weighted by molar-refractivity contribution is 5.76. The fraction of sp³-hybridized carbons (Fsp3) is 0.800. The lowest BCUT2D eigenvalue weighted by atomic mass is 10.1. The van der Waals surface area contributed by atoms with Crippen molar-refractivity contribution < 1.29 is 24.9 Å². The summed E-state index contributed by atoms with van der Waals surface area (Å²) in [4.78, 5) is 10.2. The molecule has 10 heavy (non-hydrogen) atoms. The van der Waals surface area contributed by atoms with Gasteiger partial charge in [-0.25, -0.2) is 4.79 Å². The van der Waals surface area contributed by atoms with E-state index in [1.165, 1.54) is 0 Å². The second-order valence-electron chi connectivity index (χ2n) is 2.15. The molecule has 2 unspecified atom stereocenters. The van der Waals surface area contributed by atoms with Gasteiger partial charge in [-0.2, -0.15) is 0 Å². The quantitative estimate of drug-likeness (QED) is 0.423. The van der Waals surface area contributed by atoms with Crippen LogP contribution in [-0.4, -0.2) is 39.8 Å². The molecule has 1 aliphatic heterocycles. The summed E-state index contributed by atoms with van der Waals surface area (Å²) in [6.07, 6.45) is -1.16. The van der Waals surface area contributed by atoms with E-state index >= 15 is 0 Å². The Morgan fingerprint density at radius 2 is 2.30 bits per heavy atom. The van der Waals surface area contributed by atoms with Crippen LogP contribution in [0.4, 0.5) is 0 Å². The van der Waals surface area contributed by atoms with Crippen molar-refractivity contribution in [1.29, 1.82) is 0 Å². The first-order chi connectivity index (χ1) is 4.57. The molecule has 0 aromatic heterocycles. The molecule has 2 atom stereocenters. The lowest BCUT2D eigenvalue weighted by molar-refractivity contribution is -0.228. The van der Waals surface area contributed by atoms with Crippen molar-refractivity contribution in [1.82, 2.24) is 0 Å². The van der Waals surface area contributed by atoms with Crippen molar-refractivity contribution in [3.63, 3.8) is 0 Å². The van der Waals surface area contributed by atoms with Crippen molar-refractivity contribution in [2.45, 2.75) is 18.3 Å². The Balaban J connectivity index is 2.75. The van der Waals surface area contributed by atoms with Crippen LogP contribution in [0.15, 0.2) is 0 Å². The van der Waals surface area contributed by atoms with Gasteiger partial charge in [0.1, 0.15) is 6.10 Å². The molecule has 3 N–H and O–H groups in total. The minimum absolute atomic E-state index is 0.0734. The zero-order chi connectivity index (χ0) is 7.78. The Labute approximate surface area is 56.9 Å². The van der Waals surface area contributed by atoms with E-state index in [1.54, 1.807) is 0 Å². The summed E-state index contributed by atoms with van der Waals surface area (Å²) in [6, 6.07) is 0. The standard InChI is InChI=1S/C5H8O5/c6-3-1-2-10-5(3,9)4(7)8/h3,6,9H,1-2H2,(H,7,8). The van der Waals surface area contributed by atoms with Gasteiger partial charge in [0.2, 0.25) is 0 Å². The molecule has 0 amide bonds. The van der Waals surface area contributed by atoms with Crippen LogP contribution in [0.1, 0.15) is 6.42 Å².